The zero-order valence-electron chi connectivity index (χ0n) is 37.7. The average molecular weight is 837 g/mol. The van der Waals surface area contributed by atoms with E-state index in [0.717, 1.165) is 38.5 Å². The summed E-state index contributed by atoms with van der Waals surface area (Å²) in [6, 6.07) is 27.8. The number of fused-ring (bicyclic) bond motifs is 7. The fourth-order valence-electron chi connectivity index (χ4n) is 13.8. The van der Waals surface area contributed by atoms with Gasteiger partial charge < -0.3 is 0 Å². The van der Waals surface area contributed by atoms with Crippen molar-refractivity contribution in [2.45, 2.75) is 57.8 Å². The molecule has 316 valence electrons. The largest absolute Gasteiger partial charge is 0.0842 e. The normalized spacial score (nSPS) is 28.5. The van der Waals surface area contributed by atoms with E-state index in [-0.39, 0.29) is 17.3 Å². The van der Waals surface area contributed by atoms with Crippen molar-refractivity contribution < 1.29 is 0 Å². The maximum absolute atomic E-state index is 2.62. The van der Waals surface area contributed by atoms with Crippen LogP contribution in [0.5, 0.6) is 0 Å². The lowest BCUT2D eigenvalue weighted by molar-refractivity contribution is 0.585. The first kappa shape index (κ1) is 38.9. The van der Waals surface area contributed by atoms with Crippen LogP contribution in [0.4, 0.5) is 0 Å². The molecule has 0 N–H and O–H groups in total. The van der Waals surface area contributed by atoms with Crippen LogP contribution in [0.25, 0.3) is 27.9 Å². The highest BCUT2D eigenvalue weighted by atomic mass is 14.5. The minimum atomic E-state index is 0.00409. The molecule has 0 saturated carbocycles. The molecule has 3 aromatic rings. The Morgan fingerprint density at radius 1 is 0.400 bits per heavy atom. The highest BCUT2D eigenvalue weighted by molar-refractivity contribution is 5.88. The highest BCUT2D eigenvalue weighted by Gasteiger charge is 2.42. The van der Waals surface area contributed by atoms with Gasteiger partial charge in [-0.2, -0.15) is 0 Å². The lowest BCUT2D eigenvalue weighted by Crippen LogP contribution is -2.42. The number of benzene rings is 3. The molecule has 3 aromatic carbocycles. The second-order valence-electron chi connectivity index (χ2n) is 20.2. The first-order valence-corrected chi connectivity index (χ1v) is 24.5. The van der Waals surface area contributed by atoms with Crippen LogP contribution in [0.2, 0.25) is 0 Å². The monoisotopic (exact) mass is 836 g/mol. The molecule has 0 heteroatoms. The van der Waals surface area contributed by atoms with Gasteiger partial charge >= 0.3 is 0 Å². The maximum Gasteiger partial charge on any atom is 0.0155 e. The predicted octanol–water partition coefficient (Wildman–Crippen LogP) is 12.3. The van der Waals surface area contributed by atoms with Crippen molar-refractivity contribution >= 4 is 27.9 Å². The fraction of sp³-hybridized carbons (Fsp3) is 0.231. The van der Waals surface area contributed by atoms with Gasteiger partial charge in [0.2, 0.25) is 0 Å². The quantitative estimate of drug-likeness (QED) is 0.240. The molecule has 0 nitrogen and oxygen atoms in total. The van der Waals surface area contributed by atoms with Crippen molar-refractivity contribution in [2.24, 2.45) is 35.5 Å². The van der Waals surface area contributed by atoms with Crippen molar-refractivity contribution in [2.75, 3.05) is 0 Å². The molecule has 0 aromatic heterocycles. The van der Waals surface area contributed by atoms with Crippen molar-refractivity contribution in [3.63, 3.8) is 0 Å². The van der Waals surface area contributed by atoms with Crippen molar-refractivity contribution in [3.05, 3.63) is 265 Å². The van der Waals surface area contributed by atoms with Crippen LogP contribution in [0.1, 0.15) is 63.5 Å². The zero-order chi connectivity index (χ0) is 43.2. The number of rotatable bonds is 5. The Kier molecular flexibility index (Phi) is 9.17. The topological polar surface area (TPSA) is 0 Å². The molecule has 6 unspecified atom stereocenters. The zero-order valence-corrected chi connectivity index (χ0v) is 37.7. The van der Waals surface area contributed by atoms with E-state index in [2.05, 4.69) is 208 Å². The SMILES string of the molecule is CC1(C)C2=C(CCC(C3=c4ccccc4=C(C4=CC=C(C5=CC=C(C6=c7ccccc7=C(C7=CC=CCC7)C7C=CC=CC67)CC5)C5C=CC=CC45)C4C=CC=CC34)=C2)c2ccccc21. The molecule has 0 spiro atoms. The lowest BCUT2D eigenvalue weighted by atomic mass is 9.63. The van der Waals surface area contributed by atoms with Crippen LogP contribution in [0.3, 0.4) is 0 Å². The van der Waals surface area contributed by atoms with E-state index in [1.54, 1.807) is 5.57 Å². The summed E-state index contributed by atoms with van der Waals surface area (Å²) in [6.45, 7) is 4.86. The Morgan fingerprint density at radius 2 is 0.877 bits per heavy atom. The van der Waals surface area contributed by atoms with E-state index in [1.807, 2.05) is 0 Å². The maximum atomic E-state index is 2.62. The number of allylic oxidation sites excluding steroid dienone is 28. The van der Waals surface area contributed by atoms with Crippen LogP contribution in [-0.2, 0) is 5.41 Å². The van der Waals surface area contributed by atoms with Gasteiger partial charge in [-0.25, -0.2) is 0 Å². The Morgan fingerprint density at radius 3 is 1.48 bits per heavy atom. The van der Waals surface area contributed by atoms with Gasteiger partial charge in [0.1, 0.15) is 0 Å². The Labute approximate surface area is 384 Å². The molecule has 0 amide bonds. The molecule has 13 rings (SSSR count). The number of hydrogen-bond acceptors (Lipinski definition) is 0. The number of hydrogen-bond donors (Lipinski definition) is 0. The van der Waals surface area contributed by atoms with Gasteiger partial charge in [0.15, 0.2) is 0 Å². The van der Waals surface area contributed by atoms with E-state index < -0.39 is 0 Å². The third-order valence-corrected chi connectivity index (χ3v) is 16.7. The van der Waals surface area contributed by atoms with Crippen LogP contribution in [-0.4, -0.2) is 0 Å². The standard InChI is InChI=1S/C65H56/c1-65(2)59-31-17-16-22-48(59)49-37-36-44(40-60(49)65)63-54-27-12-14-29-56(54)64(57-30-15-13-28-55(57)63)58-39-38-45(46-20-6-7-21-47(46)58)41-32-34-43(35-33-41)62-52-25-10-8-23-50(52)61(42-18-4-3-5-19-42)51-24-9-11-26-53(51)62/h3-4,6-18,20-32,34,38-40,46-47,50,52,54,56H,5,19,33,35-37H2,1-2H3. The van der Waals surface area contributed by atoms with Gasteiger partial charge in [0.25, 0.3) is 0 Å². The van der Waals surface area contributed by atoms with Gasteiger partial charge in [-0.05, 0) is 137 Å². The second kappa shape index (κ2) is 15.3. The Bertz CT molecular complexity index is 3350. The van der Waals surface area contributed by atoms with Crippen molar-refractivity contribution in [1.82, 2.24) is 0 Å². The van der Waals surface area contributed by atoms with Gasteiger partial charge in [0, 0.05) is 40.9 Å². The minimum absolute atomic E-state index is 0.00409. The molecule has 0 aliphatic heterocycles. The van der Waals surface area contributed by atoms with E-state index in [1.165, 1.54) is 93.3 Å². The Hall–Kier alpha value is -6.50. The predicted molar refractivity (Wildman–Crippen MR) is 273 cm³/mol. The lowest BCUT2D eigenvalue weighted by Gasteiger charge is -2.40. The third kappa shape index (κ3) is 6.02. The molecule has 0 fully saturated rings. The molecule has 10 aliphatic carbocycles. The second-order valence-corrected chi connectivity index (χ2v) is 20.2. The first-order chi connectivity index (χ1) is 32.0. The van der Waals surface area contributed by atoms with Crippen molar-refractivity contribution in [1.29, 1.82) is 0 Å². The Balaban J connectivity index is 0.927. The van der Waals surface area contributed by atoms with Crippen LogP contribution in [0.15, 0.2) is 233 Å². The fourth-order valence-corrected chi connectivity index (χ4v) is 13.8. The van der Waals surface area contributed by atoms with Crippen molar-refractivity contribution in [3.8, 4) is 0 Å². The summed E-state index contributed by atoms with van der Waals surface area (Å²) in [5.74, 6) is 1.88. The summed E-state index contributed by atoms with van der Waals surface area (Å²) in [5, 5.41) is 5.70. The van der Waals surface area contributed by atoms with Gasteiger partial charge in [0.05, 0.1) is 0 Å². The van der Waals surface area contributed by atoms with Crippen LogP contribution < -0.4 is 20.9 Å². The molecule has 0 saturated heterocycles. The van der Waals surface area contributed by atoms with Gasteiger partial charge in [-0.1, -0.05) is 208 Å². The van der Waals surface area contributed by atoms with E-state index in [4.69, 9.17) is 0 Å². The highest BCUT2D eigenvalue weighted by Crippen LogP contribution is 2.54. The minimum Gasteiger partial charge on any atom is -0.0842 e. The summed E-state index contributed by atoms with van der Waals surface area (Å²) < 4.78 is 0. The van der Waals surface area contributed by atoms with E-state index >= 15 is 0 Å². The molecule has 0 heterocycles. The molecule has 6 atom stereocenters. The van der Waals surface area contributed by atoms with E-state index in [0.29, 0.717) is 23.7 Å². The molecule has 0 radical (unpaired) electrons. The summed E-state index contributed by atoms with van der Waals surface area (Å²) in [6.07, 6.45) is 54.9. The third-order valence-electron chi connectivity index (χ3n) is 16.7. The van der Waals surface area contributed by atoms with E-state index in [9.17, 15) is 0 Å². The smallest absolute Gasteiger partial charge is 0.0155 e. The van der Waals surface area contributed by atoms with Gasteiger partial charge in [-0.3, -0.25) is 0 Å². The summed E-state index contributed by atoms with van der Waals surface area (Å²) >= 11 is 0. The molecule has 0 bridgehead atoms. The first-order valence-electron chi connectivity index (χ1n) is 24.5. The molecule has 10 aliphatic rings. The summed E-state index contributed by atoms with van der Waals surface area (Å²) in [5.41, 5.74) is 21.1. The van der Waals surface area contributed by atoms with Crippen LogP contribution in [0, 0.1) is 35.5 Å². The molecular formula is C65H56. The summed E-state index contributed by atoms with van der Waals surface area (Å²) in [7, 11) is 0. The summed E-state index contributed by atoms with van der Waals surface area (Å²) in [4.78, 5) is 0. The molecule has 65 heavy (non-hydrogen) atoms. The van der Waals surface area contributed by atoms with Crippen LogP contribution >= 0.6 is 0 Å². The average Bonchev–Trinajstić information content (AvgIpc) is 3.59. The molecular weight excluding hydrogens is 781 g/mol. The van der Waals surface area contributed by atoms with Gasteiger partial charge in [-0.15, -0.1) is 0 Å².